The summed E-state index contributed by atoms with van der Waals surface area (Å²) >= 11 is 0. The Balaban J connectivity index is 0.968. The quantitative estimate of drug-likeness (QED) is 0.165. The van der Waals surface area contributed by atoms with E-state index < -0.39 is 0 Å². The van der Waals surface area contributed by atoms with Crippen molar-refractivity contribution in [2.45, 2.75) is 38.0 Å². The molecule has 2 heterocycles. The molecule has 0 saturated carbocycles. The lowest BCUT2D eigenvalue weighted by Gasteiger charge is -2.31. The summed E-state index contributed by atoms with van der Waals surface area (Å²) in [6.07, 6.45) is 27.8. The SMILES string of the molecule is C=C1/C=C\C=C/N(c2cccc(-c3ccc4c(c3)c3c(c5ccccc54)C=CCC3)c2)C2=C1CC(c1ccc3c4c(n(-c5ccccc5)c3c1)CCC=C4)C=C2. The average molecular weight is 719 g/mol. The van der Waals surface area contributed by atoms with E-state index in [2.05, 4.69) is 192 Å². The van der Waals surface area contributed by atoms with Crippen molar-refractivity contribution in [3.05, 3.63) is 215 Å². The first-order valence-electron chi connectivity index (χ1n) is 20.1. The lowest BCUT2D eigenvalue weighted by atomic mass is 9.83. The second kappa shape index (κ2) is 13.3. The van der Waals surface area contributed by atoms with E-state index in [4.69, 9.17) is 0 Å². The van der Waals surface area contributed by atoms with Gasteiger partial charge in [0.1, 0.15) is 0 Å². The van der Waals surface area contributed by atoms with Gasteiger partial charge in [0, 0.05) is 45.8 Å². The highest BCUT2D eigenvalue weighted by Crippen LogP contribution is 2.43. The summed E-state index contributed by atoms with van der Waals surface area (Å²) < 4.78 is 2.50. The Kier molecular flexibility index (Phi) is 7.77. The highest BCUT2D eigenvalue weighted by atomic mass is 15.1. The smallest absolute Gasteiger partial charge is 0.0540 e. The van der Waals surface area contributed by atoms with Crippen LogP contribution in [-0.2, 0) is 12.8 Å². The molecule has 0 saturated heterocycles. The second-order valence-electron chi connectivity index (χ2n) is 15.6. The third-order valence-corrected chi connectivity index (χ3v) is 12.4. The molecule has 3 aliphatic carbocycles. The number of benzene rings is 6. The topological polar surface area (TPSA) is 8.17 Å². The van der Waals surface area contributed by atoms with Gasteiger partial charge in [-0.1, -0.05) is 128 Å². The lowest BCUT2D eigenvalue weighted by molar-refractivity contribution is 0.806. The number of hydrogen-bond donors (Lipinski definition) is 0. The van der Waals surface area contributed by atoms with Crippen LogP contribution >= 0.6 is 0 Å². The standard InChI is InChI=1S/C54H42N2/c1-36-14-11-12-31-55(42-18-13-15-37(32-42)38-25-28-47-45-21-6-5-19-43(45)44-20-7-8-22-46(44)51(47)34-38)52-30-27-39(33-50(36)52)40-26-29-49-48-23-9-10-24-53(48)56(54(49)35-40)41-16-3-2-4-17-41/h2-7,9,11-21,23,25-32,34-35,39H,1,8,10,22,24,33H2/b14-11-,31-12-. The predicted molar refractivity (Wildman–Crippen MR) is 238 cm³/mol. The van der Waals surface area contributed by atoms with Gasteiger partial charge in [0.2, 0.25) is 0 Å². The minimum Gasteiger partial charge on any atom is -0.317 e. The van der Waals surface area contributed by atoms with E-state index in [9.17, 15) is 0 Å². The fraction of sp³-hybridized carbons (Fsp3) is 0.111. The first-order chi connectivity index (χ1) is 27.7. The van der Waals surface area contributed by atoms with Crippen molar-refractivity contribution in [3.63, 3.8) is 0 Å². The molecular weight excluding hydrogens is 677 g/mol. The maximum atomic E-state index is 4.60. The highest BCUT2D eigenvalue weighted by molar-refractivity contribution is 6.13. The summed E-state index contributed by atoms with van der Waals surface area (Å²) in [5.41, 5.74) is 16.6. The van der Waals surface area contributed by atoms with E-state index in [1.807, 2.05) is 0 Å². The fourth-order valence-electron chi connectivity index (χ4n) is 9.70. The number of aromatic nitrogens is 1. The van der Waals surface area contributed by atoms with Gasteiger partial charge in [0.25, 0.3) is 0 Å². The van der Waals surface area contributed by atoms with E-state index in [1.165, 1.54) is 88.5 Å². The van der Waals surface area contributed by atoms with Crippen LogP contribution in [0.1, 0.15) is 53.1 Å². The maximum absolute atomic E-state index is 4.60. The van der Waals surface area contributed by atoms with E-state index in [1.54, 1.807) is 0 Å². The Bertz CT molecular complexity index is 2960. The molecule has 1 atom stereocenters. The first kappa shape index (κ1) is 32.8. The largest absolute Gasteiger partial charge is 0.317 e. The normalized spacial score (nSPS) is 18.5. The van der Waals surface area contributed by atoms with Crippen molar-refractivity contribution in [1.82, 2.24) is 4.57 Å². The van der Waals surface area contributed by atoms with Crippen molar-refractivity contribution in [3.8, 4) is 16.8 Å². The van der Waals surface area contributed by atoms with Gasteiger partial charge < -0.3 is 9.47 Å². The molecule has 0 N–H and O–H groups in total. The number of para-hydroxylation sites is 1. The molecule has 0 spiro atoms. The minimum absolute atomic E-state index is 0.237. The maximum Gasteiger partial charge on any atom is 0.0540 e. The molecule has 0 fully saturated rings. The van der Waals surface area contributed by atoms with Crippen LogP contribution in [0.5, 0.6) is 0 Å². The van der Waals surface area contributed by atoms with E-state index >= 15 is 0 Å². The third kappa shape index (κ3) is 5.32. The molecule has 268 valence electrons. The van der Waals surface area contributed by atoms with E-state index in [-0.39, 0.29) is 5.92 Å². The number of hydrogen-bond acceptors (Lipinski definition) is 1. The molecule has 1 unspecified atom stereocenters. The third-order valence-electron chi connectivity index (χ3n) is 12.4. The number of allylic oxidation sites excluding steroid dienone is 9. The zero-order valence-electron chi connectivity index (χ0n) is 31.5. The lowest BCUT2D eigenvalue weighted by Crippen LogP contribution is -2.20. The van der Waals surface area contributed by atoms with Crippen molar-refractivity contribution in [2.24, 2.45) is 0 Å². The molecule has 0 amide bonds. The summed E-state index contributed by atoms with van der Waals surface area (Å²) in [5.74, 6) is 0.237. The van der Waals surface area contributed by atoms with E-state index in [0.717, 1.165) is 43.4 Å². The van der Waals surface area contributed by atoms with Gasteiger partial charge in [-0.15, -0.1) is 0 Å². The summed E-state index contributed by atoms with van der Waals surface area (Å²) in [7, 11) is 0. The van der Waals surface area contributed by atoms with E-state index in [0.29, 0.717) is 0 Å². The molecule has 7 aromatic rings. The fourth-order valence-corrected chi connectivity index (χ4v) is 9.70. The summed E-state index contributed by atoms with van der Waals surface area (Å²) in [4.78, 5) is 2.35. The minimum atomic E-state index is 0.237. The van der Waals surface area contributed by atoms with Gasteiger partial charge >= 0.3 is 0 Å². The van der Waals surface area contributed by atoms with Crippen molar-refractivity contribution >= 4 is 50.3 Å². The molecule has 56 heavy (non-hydrogen) atoms. The monoisotopic (exact) mass is 718 g/mol. The molecule has 2 heteroatoms. The van der Waals surface area contributed by atoms with Gasteiger partial charge in [0.05, 0.1) is 5.52 Å². The average Bonchev–Trinajstić information content (AvgIpc) is 3.59. The van der Waals surface area contributed by atoms with Crippen LogP contribution < -0.4 is 4.90 Å². The van der Waals surface area contributed by atoms with Crippen molar-refractivity contribution in [1.29, 1.82) is 0 Å². The molecule has 11 rings (SSSR count). The highest BCUT2D eigenvalue weighted by Gasteiger charge is 2.26. The Morgan fingerprint density at radius 3 is 2.25 bits per heavy atom. The number of fused-ring (bicyclic) bond motifs is 9. The van der Waals surface area contributed by atoms with Gasteiger partial charge in [-0.3, -0.25) is 0 Å². The Morgan fingerprint density at radius 2 is 1.34 bits per heavy atom. The van der Waals surface area contributed by atoms with Crippen LogP contribution in [0.3, 0.4) is 0 Å². The molecule has 2 nitrogen and oxygen atoms in total. The first-order valence-corrected chi connectivity index (χ1v) is 20.1. The molecule has 0 bridgehead atoms. The van der Waals surface area contributed by atoms with Crippen LogP contribution in [0.25, 0.3) is 61.4 Å². The van der Waals surface area contributed by atoms with Gasteiger partial charge in [0.15, 0.2) is 0 Å². The second-order valence-corrected chi connectivity index (χ2v) is 15.6. The Hall–Kier alpha value is -6.64. The molecule has 1 aromatic heterocycles. The van der Waals surface area contributed by atoms with Gasteiger partial charge in [-0.05, 0) is 141 Å². The Labute approximate surface area is 328 Å². The van der Waals surface area contributed by atoms with Gasteiger partial charge in [-0.2, -0.15) is 0 Å². The zero-order valence-corrected chi connectivity index (χ0v) is 31.5. The zero-order chi connectivity index (χ0) is 37.2. The molecular formula is C54H42N2. The van der Waals surface area contributed by atoms with Crippen LogP contribution in [-0.4, -0.2) is 4.57 Å². The van der Waals surface area contributed by atoms with Gasteiger partial charge in [-0.25, -0.2) is 0 Å². The van der Waals surface area contributed by atoms with Crippen LogP contribution in [0, 0.1) is 0 Å². The Morgan fingerprint density at radius 1 is 0.571 bits per heavy atom. The van der Waals surface area contributed by atoms with Crippen LogP contribution in [0.2, 0.25) is 0 Å². The number of anilines is 1. The summed E-state index contributed by atoms with van der Waals surface area (Å²) in [6.45, 7) is 4.60. The van der Waals surface area contributed by atoms with Crippen LogP contribution in [0.15, 0.2) is 187 Å². The molecule has 0 radical (unpaired) electrons. The van der Waals surface area contributed by atoms with Crippen molar-refractivity contribution < 1.29 is 0 Å². The summed E-state index contributed by atoms with van der Waals surface area (Å²) in [5, 5.41) is 6.72. The molecule has 1 aliphatic heterocycles. The van der Waals surface area contributed by atoms with Crippen LogP contribution in [0.4, 0.5) is 5.69 Å². The molecule has 6 aromatic carbocycles. The number of rotatable bonds is 4. The number of nitrogens with zero attached hydrogens (tertiary/aromatic N) is 2. The number of aryl methyl sites for hydroxylation is 1. The molecule has 4 aliphatic rings. The predicted octanol–water partition coefficient (Wildman–Crippen LogP) is 14.0. The summed E-state index contributed by atoms with van der Waals surface area (Å²) in [6, 6.07) is 43.0. The van der Waals surface area contributed by atoms with Crippen molar-refractivity contribution in [2.75, 3.05) is 4.90 Å².